The predicted molar refractivity (Wildman–Crippen MR) is 87.9 cm³/mol. The molecule has 0 spiro atoms. The summed E-state index contributed by atoms with van der Waals surface area (Å²) >= 11 is 1.34. The van der Waals surface area contributed by atoms with E-state index in [2.05, 4.69) is 9.71 Å². The molecule has 0 bridgehead atoms. The highest BCUT2D eigenvalue weighted by Crippen LogP contribution is 2.25. The number of thiazole rings is 1. The summed E-state index contributed by atoms with van der Waals surface area (Å²) in [7, 11) is -2.00. The first-order valence-electron chi connectivity index (χ1n) is 6.68. The molecule has 6 nitrogen and oxygen atoms in total. The molecule has 0 saturated heterocycles. The third-order valence-corrected chi connectivity index (χ3v) is 5.55. The zero-order chi connectivity index (χ0) is 16.3. The van der Waals surface area contributed by atoms with Gasteiger partial charge in [0.2, 0.25) is 10.0 Å². The average Bonchev–Trinajstić information content (AvgIpc) is 2.86. The fourth-order valence-electron chi connectivity index (χ4n) is 2.10. The molecule has 3 N–H and O–H groups in total. The van der Waals surface area contributed by atoms with Crippen molar-refractivity contribution >= 4 is 26.5 Å². The topological polar surface area (TPSA) is 94.3 Å². The summed E-state index contributed by atoms with van der Waals surface area (Å²) < 4.78 is 32.6. The van der Waals surface area contributed by atoms with Crippen molar-refractivity contribution in [2.75, 3.05) is 19.4 Å². The summed E-state index contributed by atoms with van der Waals surface area (Å²) in [5.74, 6) is 0.675. The van der Waals surface area contributed by atoms with E-state index < -0.39 is 10.0 Å². The van der Waals surface area contributed by atoms with Gasteiger partial charge in [0.1, 0.15) is 5.75 Å². The maximum Gasteiger partial charge on any atom is 0.240 e. The number of aryl methyl sites for hydroxylation is 2. The Morgan fingerprint density at radius 2 is 2.05 bits per heavy atom. The van der Waals surface area contributed by atoms with E-state index in [1.54, 1.807) is 26.2 Å². The van der Waals surface area contributed by atoms with Crippen LogP contribution in [0.2, 0.25) is 0 Å². The molecule has 0 aliphatic heterocycles. The van der Waals surface area contributed by atoms with Gasteiger partial charge in [0, 0.05) is 18.3 Å². The fourth-order valence-corrected chi connectivity index (χ4v) is 4.04. The fraction of sp³-hybridized carbons (Fsp3) is 0.357. The summed E-state index contributed by atoms with van der Waals surface area (Å²) in [6, 6.07) is 3.35. The van der Waals surface area contributed by atoms with Gasteiger partial charge in [0.25, 0.3) is 0 Å². The SMILES string of the molecule is COc1cc(C)c(S(=O)(=O)NCCc2csc(N)n2)cc1C. The monoisotopic (exact) mass is 341 g/mol. The van der Waals surface area contributed by atoms with Crippen molar-refractivity contribution < 1.29 is 13.2 Å². The molecule has 0 aliphatic carbocycles. The van der Waals surface area contributed by atoms with Crippen molar-refractivity contribution in [3.05, 3.63) is 34.3 Å². The van der Waals surface area contributed by atoms with Crippen LogP contribution in [-0.2, 0) is 16.4 Å². The van der Waals surface area contributed by atoms with E-state index in [0.29, 0.717) is 22.9 Å². The maximum atomic E-state index is 12.4. The molecular weight excluding hydrogens is 322 g/mol. The lowest BCUT2D eigenvalue weighted by Crippen LogP contribution is -2.26. The number of nitrogens with one attached hydrogen (secondary N) is 1. The highest BCUT2D eigenvalue weighted by molar-refractivity contribution is 7.89. The van der Waals surface area contributed by atoms with Crippen molar-refractivity contribution in [1.82, 2.24) is 9.71 Å². The molecule has 22 heavy (non-hydrogen) atoms. The number of anilines is 1. The van der Waals surface area contributed by atoms with E-state index in [1.807, 2.05) is 12.3 Å². The number of hydrogen-bond acceptors (Lipinski definition) is 6. The first-order valence-corrected chi connectivity index (χ1v) is 9.04. The van der Waals surface area contributed by atoms with Crippen LogP contribution in [0.4, 0.5) is 5.13 Å². The van der Waals surface area contributed by atoms with Crippen molar-refractivity contribution in [2.24, 2.45) is 0 Å². The number of benzene rings is 1. The minimum absolute atomic E-state index is 0.267. The van der Waals surface area contributed by atoms with Crippen LogP contribution in [-0.4, -0.2) is 27.1 Å². The summed E-state index contributed by atoms with van der Waals surface area (Å²) in [5, 5.41) is 2.31. The molecule has 0 amide bonds. The van der Waals surface area contributed by atoms with Gasteiger partial charge in [-0.15, -0.1) is 11.3 Å². The zero-order valence-electron chi connectivity index (χ0n) is 12.7. The van der Waals surface area contributed by atoms with Gasteiger partial charge >= 0.3 is 0 Å². The Morgan fingerprint density at radius 1 is 1.32 bits per heavy atom. The summed E-state index contributed by atoms with van der Waals surface area (Å²) in [6.07, 6.45) is 0.501. The minimum Gasteiger partial charge on any atom is -0.496 e. The zero-order valence-corrected chi connectivity index (χ0v) is 14.3. The van der Waals surface area contributed by atoms with Gasteiger partial charge < -0.3 is 10.5 Å². The lowest BCUT2D eigenvalue weighted by Gasteiger charge is -2.12. The maximum absolute atomic E-state index is 12.4. The molecule has 8 heteroatoms. The minimum atomic E-state index is -3.56. The van der Waals surface area contributed by atoms with E-state index in [9.17, 15) is 8.42 Å². The number of nitrogen functional groups attached to an aromatic ring is 1. The highest BCUT2D eigenvalue weighted by atomic mass is 32.2. The Balaban J connectivity index is 2.11. The largest absolute Gasteiger partial charge is 0.496 e. The molecule has 0 fully saturated rings. The quantitative estimate of drug-likeness (QED) is 0.836. The van der Waals surface area contributed by atoms with Crippen LogP contribution in [0.15, 0.2) is 22.4 Å². The molecule has 0 unspecified atom stereocenters. The molecule has 1 heterocycles. The van der Waals surface area contributed by atoms with Crippen LogP contribution in [0.25, 0.3) is 0 Å². The van der Waals surface area contributed by atoms with Crippen molar-refractivity contribution in [3.8, 4) is 5.75 Å². The van der Waals surface area contributed by atoms with E-state index >= 15 is 0 Å². The second kappa shape index (κ2) is 6.64. The smallest absolute Gasteiger partial charge is 0.240 e. The third kappa shape index (κ3) is 3.76. The molecule has 1 aromatic heterocycles. The van der Waals surface area contributed by atoms with Gasteiger partial charge in [-0.25, -0.2) is 18.1 Å². The van der Waals surface area contributed by atoms with Crippen molar-refractivity contribution in [1.29, 1.82) is 0 Å². The van der Waals surface area contributed by atoms with Gasteiger partial charge in [0.15, 0.2) is 5.13 Å². The third-order valence-electron chi connectivity index (χ3n) is 3.22. The second-order valence-corrected chi connectivity index (χ2v) is 7.54. The number of ether oxygens (including phenoxy) is 1. The van der Waals surface area contributed by atoms with Crippen LogP contribution in [0.5, 0.6) is 5.75 Å². The Labute approximate surface area is 134 Å². The van der Waals surface area contributed by atoms with Crippen LogP contribution in [0.1, 0.15) is 16.8 Å². The lowest BCUT2D eigenvalue weighted by molar-refractivity contribution is 0.411. The van der Waals surface area contributed by atoms with Gasteiger partial charge in [-0.3, -0.25) is 0 Å². The van der Waals surface area contributed by atoms with E-state index in [0.717, 1.165) is 11.3 Å². The van der Waals surface area contributed by atoms with Gasteiger partial charge in [0.05, 0.1) is 17.7 Å². The van der Waals surface area contributed by atoms with E-state index in [4.69, 9.17) is 10.5 Å². The standard InChI is InChI=1S/C14H19N3O3S2/c1-9-7-13(10(2)6-12(9)20-3)22(18,19)16-5-4-11-8-21-14(15)17-11/h6-8,16H,4-5H2,1-3H3,(H2,15,17). The molecule has 1 aromatic carbocycles. The first-order chi connectivity index (χ1) is 10.3. The molecule has 0 atom stereocenters. The van der Waals surface area contributed by atoms with Gasteiger partial charge in [-0.2, -0.15) is 0 Å². The number of nitrogens with two attached hydrogens (primary N) is 1. The second-order valence-electron chi connectivity index (χ2n) is 4.91. The van der Waals surface area contributed by atoms with Gasteiger partial charge in [-0.05, 0) is 37.1 Å². The molecule has 0 saturated carbocycles. The Kier molecular flexibility index (Phi) is 5.05. The molecule has 120 valence electrons. The lowest BCUT2D eigenvalue weighted by atomic mass is 10.1. The van der Waals surface area contributed by atoms with Gasteiger partial charge in [-0.1, -0.05) is 0 Å². The number of rotatable bonds is 6. The molecule has 2 rings (SSSR count). The van der Waals surface area contributed by atoms with Crippen LogP contribution >= 0.6 is 11.3 Å². The summed E-state index contributed by atoms with van der Waals surface area (Å²) in [5.41, 5.74) is 7.76. The molecular formula is C14H19N3O3S2. The van der Waals surface area contributed by atoms with Crippen molar-refractivity contribution in [3.63, 3.8) is 0 Å². The average molecular weight is 341 g/mol. The number of aromatic nitrogens is 1. The molecule has 2 aromatic rings. The van der Waals surface area contributed by atoms with E-state index in [-0.39, 0.29) is 11.4 Å². The summed E-state index contributed by atoms with van der Waals surface area (Å²) in [4.78, 5) is 4.37. The Bertz CT molecular complexity index is 770. The number of hydrogen-bond donors (Lipinski definition) is 2. The van der Waals surface area contributed by atoms with Crippen LogP contribution < -0.4 is 15.2 Å². The Hall–Kier alpha value is -1.64. The van der Waals surface area contributed by atoms with E-state index in [1.165, 1.54) is 11.3 Å². The number of methoxy groups -OCH3 is 1. The molecule has 0 radical (unpaired) electrons. The van der Waals surface area contributed by atoms with Crippen LogP contribution in [0.3, 0.4) is 0 Å². The highest BCUT2D eigenvalue weighted by Gasteiger charge is 2.18. The van der Waals surface area contributed by atoms with Crippen molar-refractivity contribution in [2.45, 2.75) is 25.2 Å². The normalized spacial score (nSPS) is 11.6. The Morgan fingerprint density at radius 3 is 2.64 bits per heavy atom. The number of nitrogens with zero attached hydrogens (tertiary/aromatic N) is 1. The van der Waals surface area contributed by atoms with Crippen LogP contribution in [0, 0.1) is 13.8 Å². The first kappa shape index (κ1) is 16.7. The number of sulfonamides is 1. The predicted octanol–water partition coefficient (Wildman–Crippen LogP) is 1.87. The molecule has 0 aliphatic rings. The summed E-state index contributed by atoms with van der Waals surface area (Å²) in [6.45, 7) is 3.84.